The van der Waals surface area contributed by atoms with E-state index >= 15 is 0 Å². The molecule has 0 radical (unpaired) electrons. The van der Waals surface area contributed by atoms with Crippen molar-refractivity contribution in [1.82, 2.24) is 5.32 Å². The maximum Gasteiger partial charge on any atom is 0.416 e. The second kappa shape index (κ2) is 6.39. The summed E-state index contributed by atoms with van der Waals surface area (Å²) in [6, 6.07) is 4.98. The lowest BCUT2D eigenvalue weighted by atomic mass is 10.1. The topological polar surface area (TPSA) is 55.1 Å². The molecular weight excluding hydrogens is 245 g/mol. The van der Waals surface area contributed by atoms with Crippen molar-refractivity contribution in [3.8, 4) is 0 Å². The zero-order chi connectivity index (χ0) is 13.6. The van der Waals surface area contributed by atoms with Crippen LogP contribution in [0.3, 0.4) is 0 Å². The predicted octanol–water partition coefficient (Wildman–Crippen LogP) is 2.06. The van der Waals surface area contributed by atoms with E-state index in [1.165, 1.54) is 12.1 Å². The van der Waals surface area contributed by atoms with Crippen LogP contribution in [0.2, 0.25) is 0 Å². The molecule has 0 spiro atoms. The molecule has 0 aliphatic carbocycles. The standard InChI is InChI=1S/C12H15F3N2O/c13-12(14,15)10-5-3-9(4-6-10)8-17-7-1-2-11(16)18/h3-6,17H,1-2,7-8H2,(H2,16,18). The second-order valence-electron chi connectivity index (χ2n) is 3.94. The van der Waals surface area contributed by atoms with Gasteiger partial charge >= 0.3 is 6.18 Å². The van der Waals surface area contributed by atoms with Gasteiger partial charge in [0.05, 0.1) is 5.56 Å². The molecule has 0 saturated carbocycles. The van der Waals surface area contributed by atoms with Crippen LogP contribution in [0.15, 0.2) is 24.3 Å². The first-order valence-electron chi connectivity index (χ1n) is 5.55. The molecule has 3 nitrogen and oxygen atoms in total. The van der Waals surface area contributed by atoms with Crippen LogP contribution in [0.5, 0.6) is 0 Å². The fourth-order valence-electron chi connectivity index (χ4n) is 1.43. The van der Waals surface area contributed by atoms with Crippen LogP contribution in [0.25, 0.3) is 0 Å². The van der Waals surface area contributed by atoms with Gasteiger partial charge in [-0.2, -0.15) is 13.2 Å². The van der Waals surface area contributed by atoms with E-state index < -0.39 is 11.7 Å². The maximum atomic E-state index is 12.3. The maximum absolute atomic E-state index is 12.3. The summed E-state index contributed by atoms with van der Waals surface area (Å²) >= 11 is 0. The van der Waals surface area contributed by atoms with Crippen LogP contribution >= 0.6 is 0 Å². The smallest absolute Gasteiger partial charge is 0.370 e. The van der Waals surface area contributed by atoms with Gasteiger partial charge in [-0.15, -0.1) is 0 Å². The molecular formula is C12H15F3N2O. The Bertz CT molecular complexity index is 387. The van der Waals surface area contributed by atoms with E-state index in [2.05, 4.69) is 5.32 Å². The fraction of sp³-hybridized carbons (Fsp3) is 0.417. The molecule has 0 aliphatic rings. The van der Waals surface area contributed by atoms with Gasteiger partial charge in [0, 0.05) is 13.0 Å². The molecule has 0 aromatic heterocycles. The summed E-state index contributed by atoms with van der Waals surface area (Å²) in [7, 11) is 0. The average molecular weight is 260 g/mol. The van der Waals surface area contributed by atoms with E-state index in [4.69, 9.17) is 5.73 Å². The molecule has 0 saturated heterocycles. The van der Waals surface area contributed by atoms with E-state index in [0.717, 1.165) is 17.7 Å². The van der Waals surface area contributed by atoms with Crippen LogP contribution in [-0.2, 0) is 17.5 Å². The minimum atomic E-state index is -4.30. The number of rotatable bonds is 6. The number of amides is 1. The lowest BCUT2D eigenvalue weighted by molar-refractivity contribution is -0.137. The highest BCUT2D eigenvalue weighted by molar-refractivity contribution is 5.73. The van der Waals surface area contributed by atoms with Gasteiger partial charge < -0.3 is 11.1 Å². The Balaban J connectivity index is 2.33. The van der Waals surface area contributed by atoms with Crippen molar-refractivity contribution in [2.24, 2.45) is 5.73 Å². The summed E-state index contributed by atoms with van der Waals surface area (Å²) in [4.78, 5) is 10.5. The number of halogens is 3. The van der Waals surface area contributed by atoms with Crippen molar-refractivity contribution in [3.63, 3.8) is 0 Å². The molecule has 100 valence electrons. The zero-order valence-electron chi connectivity index (χ0n) is 9.76. The number of hydrogen-bond donors (Lipinski definition) is 2. The Morgan fingerprint density at radius 3 is 2.33 bits per heavy atom. The largest absolute Gasteiger partial charge is 0.416 e. The number of nitrogens with two attached hydrogens (primary N) is 1. The van der Waals surface area contributed by atoms with Crippen LogP contribution in [0.1, 0.15) is 24.0 Å². The van der Waals surface area contributed by atoms with Crippen LogP contribution in [-0.4, -0.2) is 12.5 Å². The number of carbonyl (C=O) groups is 1. The summed E-state index contributed by atoms with van der Waals surface area (Å²) in [5.41, 5.74) is 5.08. The molecule has 0 atom stereocenters. The van der Waals surface area contributed by atoms with E-state index in [1.807, 2.05) is 0 Å². The number of hydrogen-bond acceptors (Lipinski definition) is 2. The van der Waals surface area contributed by atoms with Gasteiger partial charge in [-0.1, -0.05) is 12.1 Å². The van der Waals surface area contributed by atoms with Crippen molar-refractivity contribution in [2.75, 3.05) is 6.54 Å². The van der Waals surface area contributed by atoms with Crippen LogP contribution in [0.4, 0.5) is 13.2 Å². The Hall–Kier alpha value is -1.56. The van der Waals surface area contributed by atoms with Gasteiger partial charge in [0.1, 0.15) is 0 Å². The summed E-state index contributed by atoms with van der Waals surface area (Å²) in [6.07, 6.45) is -3.37. The molecule has 1 amide bonds. The highest BCUT2D eigenvalue weighted by Crippen LogP contribution is 2.28. The summed E-state index contributed by atoms with van der Waals surface area (Å²) in [5.74, 6) is -0.355. The Kier molecular flexibility index (Phi) is 5.15. The third kappa shape index (κ3) is 5.18. The van der Waals surface area contributed by atoms with Crippen LogP contribution in [0, 0.1) is 0 Å². The minimum Gasteiger partial charge on any atom is -0.370 e. The van der Waals surface area contributed by atoms with Gasteiger partial charge in [-0.3, -0.25) is 4.79 Å². The Morgan fingerprint density at radius 2 is 1.83 bits per heavy atom. The quantitative estimate of drug-likeness (QED) is 0.769. The van der Waals surface area contributed by atoms with E-state index in [9.17, 15) is 18.0 Å². The van der Waals surface area contributed by atoms with Crippen molar-refractivity contribution in [2.45, 2.75) is 25.6 Å². The van der Waals surface area contributed by atoms with Crippen LogP contribution < -0.4 is 11.1 Å². The third-order valence-electron chi connectivity index (χ3n) is 2.39. The van der Waals surface area contributed by atoms with Gasteiger partial charge in [0.15, 0.2) is 0 Å². The zero-order valence-corrected chi connectivity index (χ0v) is 9.76. The molecule has 0 fully saturated rings. The number of carbonyl (C=O) groups excluding carboxylic acids is 1. The van der Waals surface area contributed by atoms with Crippen molar-refractivity contribution < 1.29 is 18.0 Å². The summed E-state index contributed by atoms with van der Waals surface area (Å²) in [6.45, 7) is 1.07. The van der Waals surface area contributed by atoms with Crippen molar-refractivity contribution in [3.05, 3.63) is 35.4 Å². The molecule has 0 bridgehead atoms. The second-order valence-corrected chi connectivity index (χ2v) is 3.94. The number of benzene rings is 1. The average Bonchev–Trinajstić information content (AvgIpc) is 2.27. The van der Waals surface area contributed by atoms with E-state index in [-0.39, 0.29) is 5.91 Å². The van der Waals surface area contributed by atoms with E-state index in [0.29, 0.717) is 25.9 Å². The molecule has 18 heavy (non-hydrogen) atoms. The minimum absolute atomic E-state index is 0.306. The highest BCUT2D eigenvalue weighted by Gasteiger charge is 2.29. The fourth-order valence-corrected chi connectivity index (χ4v) is 1.43. The SMILES string of the molecule is NC(=O)CCCNCc1ccc(C(F)(F)F)cc1. The third-order valence-corrected chi connectivity index (χ3v) is 2.39. The van der Waals surface area contributed by atoms with Gasteiger partial charge in [-0.05, 0) is 30.7 Å². The molecule has 3 N–H and O–H groups in total. The van der Waals surface area contributed by atoms with Gasteiger partial charge in [0.25, 0.3) is 0 Å². The predicted molar refractivity (Wildman–Crippen MR) is 61.6 cm³/mol. The first kappa shape index (κ1) is 14.5. The first-order valence-corrected chi connectivity index (χ1v) is 5.55. The lowest BCUT2D eigenvalue weighted by Crippen LogP contribution is -2.18. The number of alkyl halides is 3. The molecule has 6 heteroatoms. The molecule has 1 aromatic rings. The molecule has 1 aromatic carbocycles. The summed E-state index contributed by atoms with van der Waals surface area (Å²) < 4.78 is 36.9. The highest BCUT2D eigenvalue weighted by atomic mass is 19.4. The van der Waals surface area contributed by atoms with Gasteiger partial charge in [0.2, 0.25) is 5.91 Å². The molecule has 0 aliphatic heterocycles. The Morgan fingerprint density at radius 1 is 1.22 bits per heavy atom. The van der Waals surface area contributed by atoms with Crippen molar-refractivity contribution in [1.29, 1.82) is 0 Å². The first-order chi connectivity index (χ1) is 8.39. The molecule has 0 heterocycles. The van der Waals surface area contributed by atoms with Crippen molar-refractivity contribution >= 4 is 5.91 Å². The molecule has 0 unspecified atom stereocenters. The van der Waals surface area contributed by atoms with Gasteiger partial charge in [-0.25, -0.2) is 0 Å². The normalized spacial score (nSPS) is 11.5. The lowest BCUT2D eigenvalue weighted by Gasteiger charge is -2.08. The number of nitrogens with one attached hydrogen (secondary N) is 1. The monoisotopic (exact) mass is 260 g/mol. The summed E-state index contributed by atoms with van der Waals surface area (Å²) in [5, 5.41) is 3.03. The Labute approximate surface area is 103 Å². The van der Waals surface area contributed by atoms with E-state index in [1.54, 1.807) is 0 Å². The number of primary amides is 1. The molecule has 1 rings (SSSR count).